The smallest absolute Gasteiger partial charge is 0.337 e. The molecule has 1 N–H and O–H groups in total. The number of aromatic amines is 1. The Balaban J connectivity index is 2.57. The van der Waals surface area contributed by atoms with Gasteiger partial charge in [0.2, 0.25) is 0 Å². The molecule has 0 amide bonds. The molecule has 0 atom stereocenters. The van der Waals surface area contributed by atoms with Crippen molar-refractivity contribution in [2.45, 2.75) is 5.88 Å². The first-order chi connectivity index (χ1) is 7.26. The lowest BCUT2D eigenvalue weighted by Gasteiger charge is -1.98. The second kappa shape index (κ2) is 3.90. The van der Waals surface area contributed by atoms with Gasteiger partial charge in [0.25, 0.3) is 0 Å². The number of rotatable bonds is 2. The maximum Gasteiger partial charge on any atom is 0.337 e. The molecule has 78 valence electrons. The van der Waals surface area contributed by atoms with E-state index < -0.39 is 0 Å². The van der Waals surface area contributed by atoms with E-state index in [4.69, 9.17) is 11.6 Å². The molecule has 0 aliphatic rings. The molecule has 2 aromatic rings. The van der Waals surface area contributed by atoms with E-state index in [1.807, 2.05) is 0 Å². The third-order valence-corrected chi connectivity index (χ3v) is 2.45. The lowest BCUT2D eigenvalue weighted by molar-refractivity contribution is 0.0601. The van der Waals surface area contributed by atoms with Crippen molar-refractivity contribution in [1.29, 1.82) is 0 Å². The number of carbonyl (C=O) groups is 1. The summed E-state index contributed by atoms with van der Waals surface area (Å²) >= 11 is 5.73. The predicted octanol–water partition coefficient (Wildman–Crippen LogP) is 2.09. The fraction of sp³-hybridized carbons (Fsp3) is 0.200. The number of hydrogen-bond donors (Lipinski definition) is 1. The van der Waals surface area contributed by atoms with Crippen LogP contribution in [0.1, 0.15) is 16.1 Å². The summed E-state index contributed by atoms with van der Waals surface area (Å²) in [5, 5.41) is 7.72. The van der Waals surface area contributed by atoms with Gasteiger partial charge in [-0.15, -0.1) is 11.6 Å². The highest BCUT2D eigenvalue weighted by Gasteiger charge is 2.09. The van der Waals surface area contributed by atoms with Gasteiger partial charge in [-0.3, -0.25) is 5.10 Å². The van der Waals surface area contributed by atoms with Gasteiger partial charge in [0, 0.05) is 5.39 Å². The normalized spacial score (nSPS) is 10.5. The Morgan fingerprint density at radius 3 is 3.07 bits per heavy atom. The number of ether oxygens (including phenoxy) is 1. The number of hydrogen-bond acceptors (Lipinski definition) is 3. The fourth-order valence-electron chi connectivity index (χ4n) is 1.41. The molecule has 0 saturated carbocycles. The zero-order valence-electron chi connectivity index (χ0n) is 8.08. The third kappa shape index (κ3) is 1.68. The zero-order chi connectivity index (χ0) is 10.8. The number of fused-ring (bicyclic) bond motifs is 1. The Hall–Kier alpha value is -1.55. The van der Waals surface area contributed by atoms with E-state index in [0.717, 1.165) is 16.6 Å². The summed E-state index contributed by atoms with van der Waals surface area (Å²) in [5.41, 5.74) is 2.09. The first-order valence-electron chi connectivity index (χ1n) is 4.37. The largest absolute Gasteiger partial charge is 0.465 e. The van der Waals surface area contributed by atoms with E-state index in [2.05, 4.69) is 14.9 Å². The molecule has 0 spiro atoms. The molecule has 5 heteroatoms. The van der Waals surface area contributed by atoms with E-state index in [1.54, 1.807) is 18.2 Å². The van der Waals surface area contributed by atoms with Gasteiger partial charge >= 0.3 is 5.97 Å². The average molecular weight is 225 g/mol. The summed E-state index contributed by atoms with van der Waals surface area (Å²) in [4.78, 5) is 11.3. The van der Waals surface area contributed by atoms with Crippen LogP contribution in [0, 0.1) is 0 Å². The van der Waals surface area contributed by atoms with Gasteiger partial charge in [-0.05, 0) is 18.2 Å². The van der Waals surface area contributed by atoms with Crippen LogP contribution >= 0.6 is 11.6 Å². The molecule has 4 nitrogen and oxygen atoms in total. The van der Waals surface area contributed by atoms with Crippen LogP contribution in [0.4, 0.5) is 0 Å². The number of nitrogens with zero attached hydrogens (tertiary/aromatic N) is 1. The molecule has 0 bridgehead atoms. The summed E-state index contributed by atoms with van der Waals surface area (Å²) in [6.07, 6.45) is 0. The van der Waals surface area contributed by atoms with Crippen LogP contribution in [0.3, 0.4) is 0 Å². The second-order valence-electron chi connectivity index (χ2n) is 3.06. The highest BCUT2D eigenvalue weighted by Crippen LogP contribution is 2.19. The van der Waals surface area contributed by atoms with Crippen LogP contribution in [-0.2, 0) is 10.6 Å². The van der Waals surface area contributed by atoms with Crippen molar-refractivity contribution in [2.24, 2.45) is 0 Å². The fourth-order valence-corrected chi connectivity index (χ4v) is 1.61. The van der Waals surface area contributed by atoms with Gasteiger partial charge in [0.05, 0.1) is 29.8 Å². The number of H-pyrrole nitrogens is 1. The topological polar surface area (TPSA) is 55.0 Å². The Labute approximate surface area is 91.2 Å². The molecule has 0 radical (unpaired) electrons. The van der Waals surface area contributed by atoms with Gasteiger partial charge in [0.1, 0.15) is 0 Å². The molecule has 1 aromatic carbocycles. The van der Waals surface area contributed by atoms with Gasteiger partial charge < -0.3 is 4.74 Å². The van der Waals surface area contributed by atoms with E-state index in [1.165, 1.54) is 7.11 Å². The number of halogens is 1. The molecule has 0 fully saturated rings. The van der Waals surface area contributed by atoms with Crippen LogP contribution in [0.25, 0.3) is 10.9 Å². The number of alkyl halides is 1. The van der Waals surface area contributed by atoms with Crippen molar-refractivity contribution in [3.63, 3.8) is 0 Å². The summed E-state index contributed by atoms with van der Waals surface area (Å²) in [6.45, 7) is 0. The number of carbonyl (C=O) groups excluding carboxylic acids is 1. The van der Waals surface area contributed by atoms with Crippen molar-refractivity contribution >= 4 is 28.5 Å². The minimum atomic E-state index is -0.362. The number of methoxy groups -OCH3 is 1. The van der Waals surface area contributed by atoms with E-state index in [0.29, 0.717) is 11.4 Å². The Morgan fingerprint density at radius 1 is 1.60 bits per heavy atom. The van der Waals surface area contributed by atoms with Crippen molar-refractivity contribution < 1.29 is 9.53 Å². The lowest BCUT2D eigenvalue weighted by atomic mass is 10.1. The first-order valence-corrected chi connectivity index (χ1v) is 4.91. The summed E-state index contributed by atoms with van der Waals surface area (Å²) in [7, 11) is 1.35. The predicted molar refractivity (Wildman–Crippen MR) is 57.0 cm³/mol. The van der Waals surface area contributed by atoms with Crippen LogP contribution in [0.2, 0.25) is 0 Å². The Bertz CT molecular complexity index is 507. The van der Waals surface area contributed by atoms with Crippen LogP contribution in [0.15, 0.2) is 18.2 Å². The Morgan fingerprint density at radius 2 is 2.40 bits per heavy atom. The molecule has 0 unspecified atom stereocenters. The van der Waals surface area contributed by atoms with Gasteiger partial charge in [-0.2, -0.15) is 5.10 Å². The number of nitrogens with one attached hydrogen (secondary N) is 1. The molecule has 0 aliphatic heterocycles. The minimum absolute atomic E-state index is 0.334. The van der Waals surface area contributed by atoms with Crippen molar-refractivity contribution in [3.05, 3.63) is 29.5 Å². The molecule has 1 heterocycles. The van der Waals surface area contributed by atoms with Crippen molar-refractivity contribution in [2.75, 3.05) is 7.11 Å². The van der Waals surface area contributed by atoms with Crippen LogP contribution in [-0.4, -0.2) is 23.3 Å². The number of esters is 1. The van der Waals surface area contributed by atoms with Gasteiger partial charge in [-0.25, -0.2) is 4.79 Å². The number of aromatic nitrogens is 2. The highest BCUT2D eigenvalue weighted by molar-refractivity contribution is 6.17. The quantitative estimate of drug-likeness (QED) is 0.628. The average Bonchev–Trinajstić information content (AvgIpc) is 2.69. The Kier molecular flexibility index (Phi) is 2.60. The van der Waals surface area contributed by atoms with Crippen LogP contribution < -0.4 is 0 Å². The lowest BCUT2D eigenvalue weighted by Crippen LogP contribution is -2.00. The molecule has 0 aliphatic carbocycles. The SMILES string of the molecule is COC(=O)c1ccc2n[nH]c(CCl)c2c1. The number of benzene rings is 1. The summed E-state index contributed by atoms with van der Waals surface area (Å²) < 4.78 is 4.63. The summed E-state index contributed by atoms with van der Waals surface area (Å²) in [6, 6.07) is 5.16. The van der Waals surface area contributed by atoms with E-state index >= 15 is 0 Å². The third-order valence-electron chi connectivity index (χ3n) is 2.19. The monoisotopic (exact) mass is 224 g/mol. The summed E-state index contributed by atoms with van der Waals surface area (Å²) in [5.74, 6) is -0.0279. The van der Waals surface area contributed by atoms with E-state index in [9.17, 15) is 4.79 Å². The molecule has 2 rings (SSSR count). The highest BCUT2D eigenvalue weighted by atomic mass is 35.5. The van der Waals surface area contributed by atoms with Crippen molar-refractivity contribution in [1.82, 2.24) is 10.2 Å². The van der Waals surface area contributed by atoms with Gasteiger partial charge in [0.15, 0.2) is 0 Å². The maximum absolute atomic E-state index is 11.3. The first kappa shape index (κ1) is 9.98. The molecular weight excluding hydrogens is 216 g/mol. The molecular formula is C10H9ClN2O2. The molecule has 15 heavy (non-hydrogen) atoms. The molecule has 1 aromatic heterocycles. The molecule has 0 saturated heterocycles. The minimum Gasteiger partial charge on any atom is -0.465 e. The maximum atomic E-state index is 11.3. The standard InChI is InChI=1S/C10H9ClN2O2/c1-15-10(14)6-2-3-8-7(4-6)9(5-11)13-12-8/h2-4H,5H2,1H3,(H,12,13). The zero-order valence-corrected chi connectivity index (χ0v) is 8.84. The van der Waals surface area contributed by atoms with Crippen molar-refractivity contribution in [3.8, 4) is 0 Å². The van der Waals surface area contributed by atoms with Gasteiger partial charge in [-0.1, -0.05) is 0 Å². The van der Waals surface area contributed by atoms with Crippen LogP contribution in [0.5, 0.6) is 0 Å². The second-order valence-corrected chi connectivity index (χ2v) is 3.33. The van der Waals surface area contributed by atoms with E-state index in [-0.39, 0.29) is 5.97 Å².